The summed E-state index contributed by atoms with van der Waals surface area (Å²) >= 11 is 0. The highest BCUT2D eigenvalue weighted by molar-refractivity contribution is 7.88. The highest BCUT2D eigenvalue weighted by Gasteiger charge is 2.22. The zero-order chi connectivity index (χ0) is 15.3. The van der Waals surface area contributed by atoms with Crippen molar-refractivity contribution >= 4 is 15.9 Å². The van der Waals surface area contributed by atoms with Crippen LogP contribution in [0.3, 0.4) is 0 Å². The Hall–Kier alpha value is -1.44. The van der Waals surface area contributed by atoms with Crippen LogP contribution in [0.15, 0.2) is 24.3 Å². The van der Waals surface area contributed by atoms with Crippen LogP contribution in [0.4, 0.5) is 0 Å². The van der Waals surface area contributed by atoms with Crippen LogP contribution in [0.2, 0.25) is 0 Å². The molecule has 1 atom stereocenters. The van der Waals surface area contributed by atoms with Gasteiger partial charge in [0, 0.05) is 13.2 Å². The number of ether oxygens (including phenoxy) is 1. The van der Waals surface area contributed by atoms with Crippen molar-refractivity contribution in [3.05, 3.63) is 35.4 Å². The molecule has 7 heteroatoms. The molecular weight excluding hydrogens is 292 g/mol. The number of sulfonamides is 1. The second-order valence-electron chi connectivity index (χ2n) is 5.00. The van der Waals surface area contributed by atoms with Gasteiger partial charge in [-0.25, -0.2) is 13.1 Å². The second-order valence-corrected chi connectivity index (χ2v) is 6.93. The standard InChI is InChI=1S/C14H20N2O4S/c1-15-21(18,19)10-12-6-4-11(5-7-12)9-16-14(17)13-3-2-8-20-13/h4-7,13,15H,2-3,8-10H2,1H3,(H,16,17)/t13-/m1/s1. The molecule has 116 valence electrons. The molecule has 0 spiro atoms. The number of carbonyl (C=O) groups excluding carboxylic acids is 1. The summed E-state index contributed by atoms with van der Waals surface area (Å²) in [6.07, 6.45) is 1.37. The zero-order valence-electron chi connectivity index (χ0n) is 12.0. The van der Waals surface area contributed by atoms with E-state index in [9.17, 15) is 13.2 Å². The van der Waals surface area contributed by atoms with Gasteiger partial charge in [-0.1, -0.05) is 24.3 Å². The SMILES string of the molecule is CNS(=O)(=O)Cc1ccc(CNC(=O)[C@H]2CCCO2)cc1. The minimum absolute atomic E-state index is 0.0496. The lowest BCUT2D eigenvalue weighted by Gasteiger charge is -2.10. The van der Waals surface area contributed by atoms with Crippen molar-refractivity contribution in [3.8, 4) is 0 Å². The van der Waals surface area contributed by atoms with E-state index in [0.717, 1.165) is 18.4 Å². The normalized spacial score (nSPS) is 18.6. The molecule has 1 aromatic carbocycles. The molecule has 1 aliphatic rings. The van der Waals surface area contributed by atoms with E-state index in [1.807, 2.05) is 12.1 Å². The molecule has 1 aromatic rings. The lowest BCUT2D eigenvalue weighted by Crippen LogP contribution is -2.33. The van der Waals surface area contributed by atoms with E-state index < -0.39 is 10.0 Å². The highest BCUT2D eigenvalue weighted by Crippen LogP contribution is 2.12. The van der Waals surface area contributed by atoms with Gasteiger partial charge in [-0.15, -0.1) is 0 Å². The number of carbonyl (C=O) groups is 1. The Morgan fingerprint density at radius 1 is 1.29 bits per heavy atom. The van der Waals surface area contributed by atoms with Crippen molar-refractivity contribution in [1.29, 1.82) is 0 Å². The predicted octanol–water partition coefficient (Wildman–Crippen LogP) is 0.531. The van der Waals surface area contributed by atoms with Crippen molar-refractivity contribution in [2.45, 2.75) is 31.2 Å². The van der Waals surface area contributed by atoms with Gasteiger partial charge in [0.1, 0.15) is 6.10 Å². The number of rotatable bonds is 6. The molecule has 1 fully saturated rings. The van der Waals surface area contributed by atoms with Crippen LogP contribution < -0.4 is 10.0 Å². The minimum Gasteiger partial charge on any atom is -0.368 e. The van der Waals surface area contributed by atoms with Crippen LogP contribution in [0.25, 0.3) is 0 Å². The minimum atomic E-state index is -3.26. The van der Waals surface area contributed by atoms with E-state index >= 15 is 0 Å². The average Bonchev–Trinajstić information content (AvgIpc) is 3.00. The summed E-state index contributed by atoms with van der Waals surface area (Å²) in [5.74, 6) is -0.138. The Morgan fingerprint density at radius 3 is 2.52 bits per heavy atom. The van der Waals surface area contributed by atoms with Crippen LogP contribution in [0.5, 0.6) is 0 Å². The van der Waals surface area contributed by atoms with E-state index in [1.54, 1.807) is 12.1 Å². The van der Waals surface area contributed by atoms with E-state index in [2.05, 4.69) is 10.0 Å². The molecule has 0 bridgehead atoms. The predicted molar refractivity (Wildman–Crippen MR) is 78.9 cm³/mol. The average molecular weight is 312 g/mol. The first-order chi connectivity index (χ1) is 10.00. The molecule has 0 aliphatic carbocycles. The monoisotopic (exact) mass is 312 g/mol. The van der Waals surface area contributed by atoms with E-state index in [4.69, 9.17) is 4.74 Å². The van der Waals surface area contributed by atoms with Crippen LogP contribution >= 0.6 is 0 Å². The zero-order valence-corrected chi connectivity index (χ0v) is 12.8. The molecule has 6 nitrogen and oxygen atoms in total. The number of amides is 1. The second kappa shape index (κ2) is 7.02. The first-order valence-corrected chi connectivity index (χ1v) is 8.54. The van der Waals surface area contributed by atoms with Gasteiger partial charge in [-0.05, 0) is 31.0 Å². The third-order valence-electron chi connectivity index (χ3n) is 3.38. The molecule has 1 saturated heterocycles. The molecule has 1 aliphatic heterocycles. The van der Waals surface area contributed by atoms with Gasteiger partial charge in [0.2, 0.25) is 15.9 Å². The largest absolute Gasteiger partial charge is 0.368 e. The fourth-order valence-electron chi connectivity index (χ4n) is 2.13. The Morgan fingerprint density at radius 2 is 1.95 bits per heavy atom. The van der Waals surface area contributed by atoms with Crippen LogP contribution in [0, 0.1) is 0 Å². The maximum absolute atomic E-state index is 11.8. The molecule has 0 saturated carbocycles. The molecule has 1 heterocycles. The van der Waals surface area contributed by atoms with Gasteiger partial charge in [-0.3, -0.25) is 4.79 Å². The molecule has 1 amide bonds. The first-order valence-electron chi connectivity index (χ1n) is 6.88. The Bertz CT molecular complexity index is 577. The van der Waals surface area contributed by atoms with Crippen LogP contribution in [0.1, 0.15) is 24.0 Å². The molecule has 2 N–H and O–H groups in total. The first kappa shape index (κ1) is 15.9. The van der Waals surface area contributed by atoms with Gasteiger partial charge >= 0.3 is 0 Å². The third kappa shape index (κ3) is 4.80. The summed E-state index contributed by atoms with van der Waals surface area (Å²) in [5.41, 5.74) is 1.63. The molecule has 0 unspecified atom stereocenters. The Labute approximate surface area is 124 Å². The van der Waals surface area contributed by atoms with E-state index in [-0.39, 0.29) is 17.8 Å². The lowest BCUT2D eigenvalue weighted by molar-refractivity contribution is -0.130. The van der Waals surface area contributed by atoms with Gasteiger partial charge in [-0.2, -0.15) is 0 Å². The van der Waals surface area contributed by atoms with E-state index in [1.165, 1.54) is 7.05 Å². The quantitative estimate of drug-likeness (QED) is 0.802. The molecular formula is C14H20N2O4S. The summed E-state index contributed by atoms with van der Waals surface area (Å²) in [7, 11) is -1.87. The smallest absolute Gasteiger partial charge is 0.249 e. The number of hydrogen-bond acceptors (Lipinski definition) is 4. The number of hydrogen-bond donors (Lipinski definition) is 2. The lowest BCUT2D eigenvalue weighted by atomic mass is 10.1. The fourth-order valence-corrected chi connectivity index (χ4v) is 2.91. The Kier molecular flexibility index (Phi) is 5.33. The van der Waals surface area contributed by atoms with Crippen LogP contribution in [-0.2, 0) is 31.9 Å². The summed E-state index contributed by atoms with van der Waals surface area (Å²) < 4.78 is 30.4. The molecule has 0 aromatic heterocycles. The maximum Gasteiger partial charge on any atom is 0.249 e. The van der Waals surface area contributed by atoms with Gasteiger partial charge in [0.15, 0.2) is 0 Å². The molecule has 21 heavy (non-hydrogen) atoms. The van der Waals surface area contributed by atoms with Crippen molar-refractivity contribution in [1.82, 2.24) is 10.0 Å². The van der Waals surface area contributed by atoms with Crippen molar-refractivity contribution in [3.63, 3.8) is 0 Å². The summed E-state index contributed by atoms with van der Waals surface area (Å²) in [6, 6.07) is 7.14. The maximum atomic E-state index is 11.8. The number of nitrogens with one attached hydrogen (secondary N) is 2. The van der Waals surface area contributed by atoms with Crippen molar-refractivity contribution in [2.75, 3.05) is 13.7 Å². The van der Waals surface area contributed by atoms with Gasteiger partial charge < -0.3 is 10.1 Å². The van der Waals surface area contributed by atoms with Gasteiger partial charge in [0.05, 0.1) is 5.75 Å². The number of benzene rings is 1. The van der Waals surface area contributed by atoms with Gasteiger partial charge in [0.25, 0.3) is 0 Å². The highest BCUT2D eigenvalue weighted by atomic mass is 32.2. The topological polar surface area (TPSA) is 84.5 Å². The van der Waals surface area contributed by atoms with Crippen molar-refractivity contribution in [2.24, 2.45) is 0 Å². The van der Waals surface area contributed by atoms with Crippen molar-refractivity contribution < 1.29 is 17.9 Å². The summed E-state index contributed by atoms with van der Waals surface area (Å²) in [5, 5.41) is 2.83. The summed E-state index contributed by atoms with van der Waals surface area (Å²) in [6.45, 7) is 1.06. The molecule has 0 radical (unpaired) electrons. The third-order valence-corrected chi connectivity index (χ3v) is 4.71. The Balaban J connectivity index is 1.86. The molecule has 2 rings (SSSR count). The van der Waals surface area contributed by atoms with E-state index in [0.29, 0.717) is 18.7 Å². The van der Waals surface area contributed by atoms with Crippen LogP contribution in [-0.4, -0.2) is 34.1 Å². The fraction of sp³-hybridized carbons (Fsp3) is 0.500. The summed E-state index contributed by atoms with van der Waals surface area (Å²) in [4.78, 5) is 11.8.